The third-order valence-electron chi connectivity index (χ3n) is 3.73. The van der Waals surface area contributed by atoms with Crippen molar-refractivity contribution in [1.82, 2.24) is 4.90 Å². The van der Waals surface area contributed by atoms with Gasteiger partial charge in [0.2, 0.25) is 5.91 Å². The van der Waals surface area contributed by atoms with Gasteiger partial charge in [-0.05, 0) is 32.1 Å². The van der Waals surface area contributed by atoms with Crippen LogP contribution in [0, 0.1) is 5.92 Å². The fraction of sp³-hybridized carbons (Fsp3) is 0.929. The van der Waals surface area contributed by atoms with E-state index in [-0.39, 0.29) is 5.38 Å². The van der Waals surface area contributed by atoms with Crippen LogP contribution >= 0.6 is 11.6 Å². The number of carbonyl (C=O) groups excluding carboxylic acids is 1. The van der Waals surface area contributed by atoms with Crippen LogP contribution in [-0.2, 0) is 4.79 Å². The summed E-state index contributed by atoms with van der Waals surface area (Å²) in [6.45, 7) is 2.77. The number of alkyl halides is 1. The second-order valence-corrected chi connectivity index (χ2v) is 6.19. The van der Waals surface area contributed by atoms with Crippen molar-refractivity contribution in [2.45, 2.75) is 63.7 Å². The zero-order chi connectivity index (χ0) is 12.7. The zero-order valence-corrected chi connectivity index (χ0v) is 12.0. The lowest BCUT2D eigenvalue weighted by Crippen LogP contribution is -2.30. The van der Waals surface area contributed by atoms with Crippen LogP contribution in [-0.4, -0.2) is 29.8 Å². The first-order chi connectivity index (χ1) is 8.09. The average molecular weight is 260 g/mol. The molecular weight excluding hydrogens is 234 g/mol. The Kier molecular flexibility index (Phi) is 6.94. The van der Waals surface area contributed by atoms with E-state index in [2.05, 4.69) is 0 Å². The highest BCUT2D eigenvalue weighted by molar-refractivity contribution is 6.20. The van der Waals surface area contributed by atoms with Crippen molar-refractivity contribution in [1.29, 1.82) is 0 Å². The molecule has 3 heteroatoms. The molecule has 2 nitrogen and oxygen atoms in total. The Morgan fingerprint density at radius 1 is 1.29 bits per heavy atom. The molecule has 0 heterocycles. The minimum absolute atomic E-state index is 0.156. The summed E-state index contributed by atoms with van der Waals surface area (Å²) in [7, 11) is 1.90. The summed E-state index contributed by atoms with van der Waals surface area (Å²) in [5.41, 5.74) is 0. The highest BCUT2D eigenvalue weighted by atomic mass is 35.5. The van der Waals surface area contributed by atoms with E-state index in [1.165, 1.54) is 38.5 Å². The third kappa shape index (κ3) is 6.30. The Morgan fingerprint density at radius 2 is 1.88 bits per heavy atom. The van der Waals surface area contributed by atoms with Crippen molar-refractivity contribution >= 4 is 17.5 Å². The second-order valence-electron chi connectivity index (χ2n) is 5.45. The molecule has 17 heavy (non-hydrogen) atoms. The summed E-state index contributed by atoms with van der Waals surface area (Å²) in [6, 6.07) is 0. The van der Waals surface area contributed by atoms with E-state index in [0.29, 0.717) is 11.8 Å². The van der Waals surface area contributed by atoms with Crippen LogP contribution in [0.4, 0.5) is 0 Å². The second kappa shape index (κ2) is 7.97. The Labute approximate surface area is 111 Å². The van der Waals surface area contributed by atoms with Crippen LogP contribution in [0.3, 0.4) is 0 Å². The van der Waals surface area contributed by atoms with E-state index in [1.54, 1.807) is 0 Å². The van der Waals surface area contributed by atoms with E-state index in [9.17, 15) is 4.79 Å². The van der Waals surface area contributed by atoms with Crippen LogP contribution in [0.2, 0.25) is 0 Å². The van der Waals surface area contributed by atoms with Gasteiger partial charge >= 0.3 is 0 Å². The first kappa shape index (κ1) is 14.8. The molecule has 0 aromatic heterocycles. The number of carbonyl (C=O) groups is 1. The lowest BCUT2D eigenvalue weighted by Gasteiger charge is -2.21. The van der Waals surface area contributed by atoms with E-state index < -0.39 is 0 Å². The van der Waals surface area contributed by atoms with Crippen LogP contribution in [0.15, 0.2) is 0 Å². The number of hydrogen-bond acceptors (Lipinski definition) is 1. The number of hydrogen-bond donors (Lipinski definition) is 0. The first-order valence-corrected chi connectivity index (χ1v) is 7.41. The van der Waals surface area contributed by atoms with Gasteiger partial charge in [-0.25, -0.2) is 0 Å². The summed E-state index contributed by atoms with van der Waals surface area (Å²) in [5, 5.41) is 0.156. The van der Waals surface area contributed by atoms with Gasteiger partial charge in [0.05, 0.1) is 0 Å². The zero-order valence-electron chi connectivity index (χ0n) is 11.3. The lowest BCUT2D eigenvalue weighted by molar-refractivity contribution is -0.131. The van der Waals surface area contributed by atoms with Crippen LogP contribution in [0.5, 0.6) is 0 Å². The van der Waals surface area contributed by atoms with Gasteiger partial charge in [-0.1, -0.05) is 25.7 Å². The maximum absolute atomic E-state index is 12.0. The highest BCUT2D eigenvalue weighted by Crippen LogP contribution is 2.25. The molecule has 1 aliphatic carbocycles. The van der Waals surface area contributed by atoms with E-state index >= 15 is 0 Å². The summed E-state index contributed by atoms with van der Waals surface area (Å²) in [6.07, 6.45) is 9.42. The normalized spacial score (nSPS) is 19.7. The molecule has 0 spiro atoms. The van der Waals surface area contributed by atoms with Gasteiger partial charge in [0.1, 0.15) is 0 Å². The molecule has 1 unspecified atom stereocenters. The number of nitrogens with zero attached hydrogens (tertiary/aromatic N) is 1. The molecule has 1 rings (SSSR count). The van der Waals surface area contributed by atoms with Crippen LogP contribution in [0.25, 0.3) is 0 Å². The van der Waals surface area contributed by atoms with E-state index in [4.69, 9.17) is 11.6 Å². The topological polar surface area (TPSA) is 20.3 Å². The van der Waals surface area contributed by atoms with Crippen molar-refractivity contribution in [2.75, 3.05) is 13.6 Å². The molecule has 1 aliphatic rings. The predicted molar refractivity (Wildman–Crippen MR) is 73.4 cm³/mol. The highest BCUT2D eigenvalue weighted by Gasteiger charge is 2.18. The Morgan fingerprint density at radius 3 is 2.41 bits per heavy atom. The van der Waals surface area contributed by atoms with Crippen molar-refractivity contribution in [3.8, 4) is 0 Å². The average Bonchev–Trinajstić information content (AvgIpc) is 2.54. The van der Waals surface area contributed by atoms with Crippen LogP contribution in [0.1, 0.15) is 58.3 Å². The van der Waals surface area contributed by atoms with Gasteiger partial charge in [0, 0.05) is 25.4 Å². The summed E-state index contributed by atoms with van der Waals surface area (Å²) < 4.78 is 0. The molecule has 1 saturated carbocycles. The van der Waals surface area contributed by atoms with Crippen molar-refractivity contribution in [3.63, 3.8) is 0 Å². The lowest BCUT2D eigenvalue weighted by atomic mass is 9.96. The van der Waals surface area contributed by atoms with Crippen molar-refractivity contribution in [3.05, 3.63) is 0 Å². The molecule has 0 saturated heterocycles. The summed E-state index contributed by atoms with van der Waals surface area (Å²) >= 11 is 5.90. The maximum Gasteiger partial charge on any atom is 0.222 e. The molecule has 0 aromatic rings. The minimum Gasteiger partial charge on any atom is -0.346 e. The van der Waals surface area contributed by atoms with Gasteiger partial charge < -0.3 is 4.90 Å². The van der Waals surface area contributed by atoms with Crippen molar-refractivity contribution in [2.24, 2.45) is 5.92 Å². The van der Waals surface area contributed by atoms with E-state index in [1.807, 2.05) is 18.9 Å². The van der Waals surface area contributed by atoms with Gasteiger partial charge in [-0.2, -0.15) is 0 Å². The number of amides is 1. The molecule has 100 valence electrons. The molecule has 1 atom stereocenters. The van der Waals surface area contributed by atoms with Gasteiger partial charge in [-0.3, -0.25) is 4.79 Å². The minimum atomic E-state index is 0.156. The Hall–Kier alpha value is -0.240. The largest absolute Gasteiger partial charge is 0.346 e. The fourth-order valence-electron chi connectivity index (χ4n) is 2.47. The van der Waals surface area contributed by atoms with Gasteiger partial charge in [-0.15, -0.1) is 11.6 Å². The number of halogens is 1. The van der Waals surface area contributed by atoms with E-state index in [0.717, 1.165) is 19.4 Å². The molecule has 1 amide bonds. The summed E-state index contributed by atoms with van der Waals surface area (Å²) in [5.74, 6) is 0.926. The Bertz CT molecular complexity index is 222. The molecular formula is C14H26ClNO. The van der Waals surface area contributed by atoms with Gasteiger partial charge in [0.25, 0.3) is 0 Å². The SMILES string of the molecule is CC(Cl)CCN(C)C(=O)CC1CCCCCC1. The molecule has 0 N–H and O–H groups in total. The first-order valence-electron chi connectivity index (χ1n) is 6.97. The molecule has 0 aromatic carbocycles. The third-order valence-corrected chi connectivity index (χ3v) is 3.94. The monoisotopic (exact) mass is 259 g/mol. The van der Waals surface area contributed by atoms with Gasteiger partial charge in [0.15, 0.2) is 0 Å². The Balaban J connectivity index is 2.26. The van der Waals surface area contributed by atoms with Crippen molar-refractivity contribution < 1.29 is 4.79 Å². The van der Waals surface area contributed by atoms with Crippen LogP contribution < -0.4 is 0 Å². The predicted octanol–water partition coefficient (Wildman–Crippen LogP) is 3.82. The smallest absolute Gasteiger partial charge is 0.222 e. The number of rotatable bonds is 5. The molecule has 0 radical (unpaired) electrons. The molecule has 0 bridgehead atoms. The fourth-order valence-corrected chi connectivity index (χ4v) is 2.56. The molecule has 0 aliphatic heterocycles. The molecule has 1 fully saturated rings. The summed E-state index contributed by atoms with van der Waals surface area (Å²) in [4.78, 5) is 13.9. The quantitative estimate of drug-likeness (QED) is 0.543. The standard InChI is InChI=1S/C14H26ClNO/c1-12(15)9-10-16(2)14(17)11-13-7-5-3-4-6-8-13/h12-13H,3-11H2,1-2H3. The maximum atomic E-state index is 12.0.